The van der Waals surface area contributed by atoms with Gasteiger partial charge in [-0.05, 0) is 50.6 Å². The Morgan fingerprint density at radius 1 is 0.769 bits per heavy atom. The van der Waals surface area contributed by atoms with E-state index in [-0.39, 0.29) is 12.8 Å². The third-order valence-corrected chi connectivity index (χ3v) is 4.15. The summed E-state index contributed by atoms with van der Waals surface area (Å²) in [4.78, 5) is 0. The maximum atomic E-state index is 13.5. The molecule has 0 spiro atoms. The van der Waals surface area contributed by atoms with Crippen molar-refractivity contribution in [2.75, 3.05) is 0 Å². The second-order valence-electron chi connectivity index (χ2n) is 5.11. The number of hydrogen-bond donors (Lipinski definition) is 0. The molecule has 0 aliphatic carbocycles. The van der Waals surface area contributed by atoms with Crippen LogP contribution in [-0.4, -0.2) is 35.0 Å². The number of alkyl halides is 13. The van der Waals surface area contributed by atoms with Crippen LogP contribution < -0.4 is 0 Å². The smallest absolute Gasteiger partial charge is 0.195 e. The van der Waals surface area contributed by atoms with Gasteiger partial charge in [-0.2, -0.15) is 52.7 Å². The van der Waals surface area contributed by atoms with Gasteiger partial charge < -0.3 is 0 Å². The lowest BCUT2D eigenvalue weighted by Gasteiger charge is -2.39. The standard InChI is InChI=1S/C12H10ClF12I/c1-2-3-4-6(26)5-7(14,15)8(16,17)9(18,19)10(20,21)11(22,23)12(13,24)25/h5H,2-4H2,1H3/b6-5+. The Morgan fingerprint density at radius 3 is 1.50 bits per heavy atom. The monoisotopic (exact) mass is 544 g/mol. The van der Waals surface area contributed by atoms with Crippen molar-refractivity contribution in [3.05, 3.63) is 9.66 Å². The quantitative estimate of drug-likeness (QED) is 0.160. The number of halogens is 14. The first-order valence-electron chi connectivity index (χ1n) is 6.53. The first kappa shape index (κ1) is 25.9. The molecule has 0 bridgehead atoms. The van der Waals surface area contributed by atoms with E-state index in [1.165, 1.54) is 0 Å². The van der Waals surface area contributed by atoms with Gasteiger partial charge in [0.15, 0.2) is 0 Å². The Kier molecular flexibility index (Phi) is 7.72. The second-order valence-corrected chi connectivity index (χ2v) is 6.97. The lowest BCUT2D eigenvalue weighted by molar-refractivity contribution is -0.411. The van der Waals surface area contributed by atoms with Crippen molar-refractivity contribution in [3.8, 4) is 0 Å². The van der Waals surface area contributed by atoms with Crippen molar-refractivity contribution in [2.24, 2.45) is 0 Å². The summed E-state index contributed by atoms with van der Waals surface area (Å²) in [5.74, 6) is -35.6. The molecule has 0 radical (unpaired) electrons. The van der Waals surface area contributed by atoms with Gasteiger partial charge in [0.25, 0.3) is 0 Å². The van der Waals surface area contributed by atoms with Crippen molar-refractivity contribution in [3.63, 3.8) is 0 Å². The topological polar surface area (TPSA) is 0 Å². The molecule has 0 aliphatic rings. The molecule has 0 aliphatic heterocycles. The van der Waals surface area contributed by atoms with E-state index in [1.54, 1.807) is 6.92 Å². The van der Waals surface area contributed by atoms with E-state index in [0.29, 0.717) is 6.42 Å². The number of hydrogen-bond acceptors (Lipinski definition) is 0. The van der Waals surface area contributed by atoms with Crippen LogP contribution in [0.5, 0.6) is 0 Å². The Hall–Kier alpha value is -0.0800. The summed E-state index contributed by atoms with van der Waals surface area (Å²) in [5.41, 5.74) is 0. The van der Waals surface area contributed by atoms with E-state index in [4.69, 9.17) is 0 Å². The molecular formula is C12H10ClF12I. The van der Waals surface area contributed by atoms with Gasteiger partial charge in [0.05, 0.1) is 0 Å². The highest BCUT2D eigenvalue weighted by molar-refractivity contribution is 14.1. The van der Waals surface area contributed by atoms with Gasteiger partial charge in [-0.25, -0.2) is 0 Å². The first-order chi connectivity index (χ1) is 11.2. The Morgan fingerprint density at radius 2 is 1.15 bits per heavy atom. The summed E-state index contributed by atoms with van der Waals surface area (Å²) in [6, 6.07) is 0. The normalized spacial score (nSPS) is 16.2. The van der Waals surface area contributed by atoms with Crippen LogP contribution in [0.25, 0.3) is 0 Å². The van der Waals surface area contributed by atoms with E-state index in [9.17, 15) is 52.7 Å². The highest BCUT2D eigenvalue weighted by Gasteiger charge is 2.89. The predicted molar refractivity (Wildman–Crippen MR) is 77.2 cm³/mol. The molecule has 0 nitrogen and oxygen atoms in total. The van der Waals surface area contributed by atoms with Crippen LogP contribution >= 0.6 is 34.2 Å². The van der Waals surface area contributed by atoms with Gasteiger partial charge in [0, 0.05) is 6.08 Å². The molecule has 14 heteroatoms. The minimum Gasteiger partial charge on any atom is -0.195 e. The average molecular weight is 545 g/mol. The molecule has 0 fully saturated rings. The molecule has 0 amide bonds. The van der Waals surface area contributed by atoms with Crippen molar-refractivity contribution >= 4 is 34.2 Å². The van der Waals surface area contributed by atoms with Crippen molar-refractivity contribution < 1.29 is 52.7 Å². The van der Waals surface area contributed by atoms with Gasteiger partial charge in [-0.1, -0.05) is 13.3 Å². The molecule has 0 aromatic heterocycles. The zero-order chi connectivity index (χ0) is 21.4. The first-order valence-corrected chi connectivity index (χ1v) is 7.99. The third-order valence-electron chi connectivity index (χ3n) is 3.06. The molecule has 0 rings (SSSR count). The largest absolute Gasteiger partial charge is 0.393 e. The summed E-state index contributed by atoms with van der Waals surface area (Å²) < 4.78 is 156. The van der Waals surface area contributed by atoms with Gasteiger partial charge in [-0.15, -0.1) is 0 Å². The Balaban J connectivity index is 6.16. The maximum absolute atomic E-state index is 13.5. The van der Waals surface area contributed by atoms with Gasteiger partial charge in [0.1, 0.15) is 0 Å². The molecule has 0 atom stereocenters. The van der Waals surface area contributed by atoms with Crippen LogP contribution in [0.1, 0.15) is 26.2 Å². The molecular weight excluding hydrogens is 534 g/mol. The molecule has 0 N–H and O–H groups in total. The van der Waals surface area contributed by atoms with E-state index in [2.05, 4.69) is 11.6 Å². The Labute approximate surface area is 158 Å². The molecule has 156 valence electrons. The predicted octanol–water partition coefficient (Wildman–Crippen LogP) is 7.50. The molecule has 0 saturated heterocycles. The highest BCUT2D eigenvalue weighted by Crippen LogP contribution is 2.61. The summed E-state index contributed by atoms with van der Waals surface area (Å²) in [6.07, 6.45) is -0.613. The molecule has 0 aromatic rings. The van der Waals surface area contributed by atoms with E-state index >= 15 is 0 Å². The van der Waals surface area contributed by atoms with E-state index in [0.717, 1.165) is 22.6 Å². The molecule has 0 heterocycles. The number of unbranched alkanes of at least 4 members (excludes halogenated alkanes) is 1. The fourth-order valence-corrected chi connectivity index (χ4v) is 2.38. The van der Waals surface area contributed by atoms with Crippen molar-refractivity contribution in [1.29, 1.82) is 0 Å². The van der Waals surface area contributed by atoms with Crippen LogP contribution in [0.4, 0.5) is 52.7 Å². The Bertz CT molecular complexity index is 523. The van der Waals surface area contributed by atoms with Crippen molar-refractivity contribution in [2.45, 2.75) is 61.2 Å². The molecule has 0 unspecified atom stereocenters. The van der Waals surface area contributed by atoms with Crippen molar-refractivity contribution in [1.82, 2.24) is 0 Å². The average Bonchev–Trinajstić information content (AvgIpc) is 2.42. The number of rotatable bonds is 9. The van der Waals surface area contributed by atoms with Crippen LogP contribution in [0, 0.1) is 0 Å². The fraction of sp³-hybridized carbons (Fsp3) is 0.833. The molecule has 0 aromatic carbocycles. The van der Waals surface area contributed by atoms with Crippen LogP contribution in [-0.2, 0) is 0 Å². The zero-order valence-electron chi connectivity index (χ0n) is 12.5. The third kappa shape index (κ3) is 4.32. The van der Waals surface area contributed by atoms with E-state index < -0.39 is 44.7 Å². The maximum Gasteiger partial charge on any atom is 0.393 e. The lowest BCUT2D eigenvalue weighted by Crippen LogP contribution is -2.69. The SMILES string of the molecule is CCCC/C(I)=C\C(F)(F)C(F)(F)C(F)(F)C(F)(F)C(F)(F)C(F)(F)Cl. The minimum atomic E-state index is -7.61. The van der Waals surface area contributed by atoms with E-state index in [1.807, 2.05) is 0 Å². The summed E-state index contributed by atoms with van der Waals surface area (Å²) in [6.45, 7) is 1.56. The summed E-state index contributed by atoms with van der Waals surface area (Å²) >= 11 is 4.61. The fourth-order valence-electron chi connectivity index (χ4n) is 1.49. The number of allylic oxidation sites excluding steroid dienone is 2. The highest BCUT2D eigenvalue weighted by atomic mass is 127. The molecule has 0 saturated carbocycles. The second kappa shape index (κ2) is 7.74. The van der Waals surface area contributed by atoms with Gasteiger partial charge in [-0.3, -0.25) is 0 Å². The molecule has 26 heavy (non-hydrogen) atoms. The lowest BCUT2D eigenvalue weighted by atomic mass is 9.94. The van der Waals surface area contributed by atoms with Crippen LogP contribution in [0.2, 0.25) is 0 Å². The van der Waals surface area contributed by atoms with Gasteiger partial charge in [0.2, 0.25) is 0 Å². The zero-order valence-corrected chi connectivity index (χ0v) is 15.4. The van der Waals surface area contributed by atoms with Crippen LogP contribution in [0.15, 0.2) is 9.66 Å². The van der Waals surface area contributed by atoms with Gasteiger partial charge >= 0.3 is 35.0 Å². The minimum absolute atomic E-state index is 0.138. The summed E-state index contributed by atoms with van der Waals surface area (Å²) in [7, 11) is 0. The van der Waals surface area contributed by atoms with Crippen LogP contribution in [0.3, 0.4) is 0 Å². The summed E-state index contributed by atoms with van der Waals surface area (Å²) in [5, 5.41) is -6.42.